The van der Waals surface area contributed by atoms with E-state index in [0.717, 1.165) is 0 Å². The van der Waals surface area contributed by atoms with Crippen molar-refractivity contribution in [2.75, 3.05) is 0 Å². The molecular formula is C15H11FO2. The van der Waals surface area contributed by atoms with E-state index >= 15 is 0 Å². The zero-order valence-corrected chi connectivity index (χ0v) is 9.55. The first-order valence-corrected chi connectivity index (χ1v) is 5.76. The highest BCUT2D eigenvalue weighted by molar-refractivity contribution is 6.01. The first-order chi connectivity index (χ1) is 8.75. The lowest BCUT2D eigenvalue weighted by molar-refractivity contribution is 0.0953. The maximum absolute atomic E-state index is 13.1. The average molecular weight is 242 g/mol. The van der Waals surface area contributed by atoms with E-state index in [-0.39, 0.29) is 17.7 Å². The molecule has 1 saturated heterocycles. The van der Waals surface area contributed by atoms with Crippen molar-refractivity contribution in [3.8, 4) is 0 Å². The van der Waals surface area contributed by atoms with E-state index in [9.17, 15) is 9.18 Å². The number of epoxide rings is 1. The van der Waals surface area contributed by atoms with Gasteiger partial charge >= 0.3 is 0 Å². The van der Waals surface area contributed by atoms with Crippen molar-refractivity contribution in [1.82, 2.24) is 0 Å². The smallest absolute Gasteiger partial charge is 0.194 e. The number of hydrogen-bond acceptors (Lipinski definition) is 2. The van der Waals surface area contributed by atoms with Crippen LogP contribution in [0.3, 0.4) is 0 Å². The van der Waals surface area contributed by atoms with Crippen LogP contribution < -0.4 is 0 Å². The fourth-order valence-electron chi connectivity index (χ4n) is 2.02. The Labute approximate surface area is 104 Å². The summed E-state index contributed by atoms with van der Waals surface area (Å²) in [4.78, 5) is 12.1. The van der Waals surface area contributed by atoms with Crippen LogP contribution in [0.4, 0.5) is 4.39 Å². The first kappa shape index (κ1) is 11.1. The second kappa shape index (κ2) is 4.35. The van der Waals surface area contributed by atoms with Gasteiger partial charge in [-0.3, -0.25) is 4.79 Å². The molecule has 0 bridgehead atoms. The second-order valence-electron chi connectivity index (χ2n) is 4.26. The predicted molar refractivity (Wildman–Crippen MR) is 64.8 cm³/mol. The van der Waals surface area contributed by atoms with Gasteiger partial charge in [-0.25, -0.2) is 4.39 Å². The molecule has 0 amide bonds. The van der Waals surface area contributed by atoms with Crippen LogP contribution in [-0.4, -0.2) is 11.9 Å². The van der Waals surface area contributed by atoms with E-state index in [4.69, 9.17) is 4.74 Å². The molecule has 1 aliphatic rings. The highest BCUT2D eigenvalue weighted by atomic mass is 19.1. The molecule has 0 N–H and O–H groups in total. The molecule has 0 aliphatic carbocycles. The maximum atomic E-state index is 13.1. The van der Waals surface area contributed by atoms with Gasteiger partial charge in [-0.1, -0.05) is 42.5 Å². The third kappa shape index (κ3) is 2.05. The number of Topliss-reactive ketones (excluding diaryl/α,β-unsaturated/α-hetero) is 1. The average Bonchev–Trinajstić information content (AvgIpc) is 3.19. The molecular weight excluding hydrogens is 231 g/mol. The minimum Gasteiger partial charge on any atom is -0.356 e. The Morgan fingerprint density at radius 3 is 2.56 bits per heavy atom. The molecule has 3 rings (SSSR count). The molecule has 18 heavy (non-hydrogen) atoms. The van der Waals surface area contributed by atoms with Crippen LogP contribution in [0.5, 0.6) is 0 Å². The number of hydrogen-bond donors (Lipinski definition) is 0. The summed E-state index contributed by atoms with van der Waals surface area (Å²) in [6, 6.07) is 15.2. The van der Waals surface area contributed by atoms with Crippen LogP contribution in [0.1, 0.15) is 22.0 Å². The molecule has 1 heterocycles. The molecule has 2 nitrogen and oxygen atoms in total. The number of carbonyl (C=O) groups excluding carboxylic acids is 1. The van der Waals surface area contributed by atoms with E-state index < -0.39 is 6.10 Å². The molecule has 0 spiro atoms. The molecule has 3 heteroatoms. The van der Waals surface area contributed by atoms with E-state index in [1.165, 1.54) is 12.1 Å². The van der Waals surface area contributed by atoms with Crippen molar-refractivity contribution in [2.24, 2.45) is 0 Å². The third-order valence-electron chi connectivity index (χ3n) is 2.99. The zero-order chi connectivity index (χ0) is 12.5. The number of rotatable bonds is 3. The van der Waals surface area contributed by atoms with Crippen molar-refractivity contribution in [1.29, 1.82) is 0 Å². The highest BCUT2D eigenvalue weighted by Crippen LogP contribution is 2.40. The monoisotopic (exact) mass is 242 g/mol. The summed E-state index contributed by atoms with van der Waals surface area (Å²) < 4.78 is 18.4. The lowest BCUT2D eigenvalue weighted by Crippen LogP contribution is -2.07. The number of carbonyl (C=O) groups is 1. The van der Waals surface area contributed by atoms with Crippen LogP contribution >= 0.6 is 0 Å². The molecule has 2 aromatic rings. The highest BCUT2D eigenvalue weighted by Gasteiger charge is 2.46. The quantitative estimate of drug-likeness (QED) is 0.611. The zero-order valence-electron chi connectivity index (χ0n) is 9.55. The lowest BCUT2D eigenvalue weighted by atomic mass is 10.0. The molecule has 90 valence electrons. The summed E-state index contributed by atoms with van der Waals surface area (Å²) in [5.74, 6) is -0.362. The van der Waals surface area contributed by atoms with Crippen molar-refractivity contribution in [2.45, 2.75) is 12.2 Å². The fraction of sp³-hybridized carbons (Fsp3) is 0.133. The fourth-order valence-corrected chi connectivity index (χ4v) is 2.02. The van der Waals surface area contributed by atoms with Gasteiger partial charge in [0.25, 0.3) is 0 Å². The number of ether oxygens (including phenoxy) is 1. The Bertz CT molecular complexity index is 580. The van der Waals surface area contributed by atoms with Crippen molar-refractivity contribution < 1.29 is 13.9 Å². The molecule has 1 aliphatic heterocycles. The van der Waals surface area contributed by atoms with Gasteiger partial charge in [0.15, 0.2) is 11.9 Å². The molecule has 2 atom stereocenters. The van der Waals surface area contributed by atoms with Gasteiger partial charge in [-0.2, -0.15) is 0 Å². The van der Waals surface area contributed by atoms with Gasteiger partial charge in [0.1, 0.15) is 11.9 Å². The van der Waals surface area contributed by atoms with Gasteiger partial charge in [0, 0.05) is 5.56 Å². The Kier molecular flexibility index (Phi) is 2.68. The van der Waals surface area contributed by atoms with Crippen LogP contribution in [0.2, 0.25) is 0 Å². The summed E-state index contributed by atoms with van der Waals surface area (Å²) in [5, 5.41) is 0. The second-order valence-corrected chi connectivity index (χ2v) is 4.26. The summed E-state index contributed by atoms with van der Waals surface area (Å²) in [5.41, 5.74) is 1.34. The van der Waals surface area contributed by atoms with Gasteiger partial charge < -0.3 is 4.74 Å². The van der Waals surface area contributed by atoms with E-state index in [2.05, 4.69) is 0 Å². The molecule has 0 saturated carbocycles. The summed E-state index contributed by atoms with van der Waals surface area (Å²) >= 11 is 0. The number of ketones is 1. The summed E-state index contributed by atoms with van der Waals surface area (Å²) in [6.45, 7) is 0. The molecule has 0 aromatic heterocycles. The SMILES string of the molecule is O=C(c1ccccc1)C1OC1c1cccc(F)c1. The van der Waals surface area contributed by atoms with Crippen LogP contribution in [-0.2, 0) is 4.74 Å². The topological polar surface area (TPSA) is 29.6 Å². The third-order valence-corrected chi connectivity index (χ3v) is 2.99. The molecule has 2 unspecified atom stereocenters. The molecule has 0 radical (unpaired) electrons. The minimum atomic E-state index is -0.478. The van der Waals surface area contributed by atoms with Gasteiger partial charge in [-0.15, -0.1) is 0 Å². The van der Waals surface area contributed by atoms with Crippen molar-refractivity contribution in [3.63, 3.8) is 0 Å². The number of benzene rings is 2. The Morgan fingerprint density at radius 1 is 1.06 bits per heavy atom. The summed E-state index contributed by atoms with van der Waals surface area (Å²) in [6.07, 6.45) is -0.789. The number of halogens is 1. The van der Waals surface area contributed by atoms with Gasteiger partial charge in [-0.05, 0) is 17.7 Å². The minimum absolute atomic E-state index is 0.0511. The Hall–Kier alpha value is -2.00. The normalized spacial score (nSPS) is 21.6. The van der Waals surface area contributed by atoms with E-state index in [0.29, 0.717) is 11.1 Å². The lowest BCUT2D eigenvalue weighted by Gasteiger charge is -1.97. The maximum Gasteiger partial charge on any atom is 0.194 e. The Balaban J connectivity index is 1.77. The van der Waals surface area contributed by atoms with Crippen molar-refractivity contribution in [3.05, 3.63) is 71.5 Å². The predicted octanol–water partition coefficient (Wildman–Crippen LogP) is 3.15. The van der Waals surface area contributed by atoms with Crippen LogP contribution in [0.25, 0.3) is 0 Å². The van der Waals surface area contributed by atoms with Gasteiger partial charge in [0.2, 0.25) is 0 Å². The molecule has 2 aromatic carbocycles. The first-order valence-electron chi connectivity index (χ1n) is 5.76. The van der Waals surface area contributed by atoms with Gasteiger partial charge in [0.05, 0.1) is 0 Å². The summed E-state index contributed by atoms with van der Waals surface area (Å²) in [7, 11) is 0. The van der Waals surface area contributed by atoms with Crippen LogP contribution in [0, 0.1) is 5.82 Å². The standard InChI is InChI=1S/C15H11FO2/c16-12-8-4-7-11(9-12)14-15(18-14)13(17)10-5-2-1-3-6-10/h1-9,14-15H. The largest absolute Gasteiger partial charge is 0.356 e. The van der Waals surface area contributed by atoms with E-state index in [1.807, 2.05) is 18.2 Å². The molecule has 1 fully saturated rings. The van der Waals surface area contributed by atoms with E-state index in [1.54, 1.807) is 24.3 Å². The Morgan fingerprint density at radius 2 is 1.83 bits per heavy atom. The van der Waals surface area contributed by atoms with Crippen molar-refractivity contribution >= 4 is 5.78 Å². The van der Waals surface area contributed by atoms with Crippen LogP contribution in [0.15, 0.2) is 54.6 Å².